The number of nitro groups is 1. The van der Waals surface area contributed by atoms with Crippen LogP contribution in [-0.4, -0.2) is 4.92 Å². The monoisotopic (exact) mass is 222 g/mol. The third-order valence-corrected chi connectivity index (χ3v) is 3.45. The zero-order valence-corrected chi connectivity index (χ0v) is 8.74. The summed E-state index contributed by atoms with van der Waals surface area (Å²) in [5, 5.41) is 13.0. The second kappa shape index (κ2) is 3.94. The summed E-state index contributed by atoms with van der Waals surface area (Å²) in [5.41, 5.74) is 6.89. The highest BCUT2D eigenvalue weighted by Crippen LogP contribution is 2.39. The van der Waals surface area contributed by atoms with Crippen LogP contribution in [0, 0.1) is 10.1 Å². The lowest BCUT2D eigenvalue weighted by atomic mass is 10.1. The van der Waals surface area contributed by atoms with Gasteiger partial charge < -0.3 is 5.73 Å². The van der Waals surface area contributed by atoms with E-state index >= 15 is 0 Å². The van der Waals surface area contributed by atoms with Crippen LogP contribution in [0.3, 0.4) is 0 Å². The standard InChI is InChI=1S/C10H10N2O2S/c11-8-6-7(10-2-1-5-15-10)3-4-9(8)12(13)14/h1,3-6,10H,2,11H2. The van der Waals surface area contributed by atoms with E-state index in [1.165, 1.54) is 6.07 Å². The van der Waals surface area contributed by atoms with Crippen molar-refractivity contribution in [1.82, 2.24) is 0 Å². The first-order chi connectivity index (χ1) is 7.18. The first-order valence-electron chi connectivity index (χ1n) is 4.53. The third-order valence-electron chi connectivity index (χ3n) is 2.31. The average molecular weight is 222 g/mol. The third kappa shape index (κ3) is 1.97. The van der Waals surface area contributed by atoms with E-state index < -0.39 is 4.92 Å². The molecule has 4 nitrogen and oxygen atoms in total. The van der Waals surface area contributed by atoms with Crippen molar-refractivity contribution in [2.75, 3.05) is 5.73 Å². The molecule has 1 aromatic carbocycles. The smallest absolute Gasteiger partial charge is 0.292 e. The lowest BCUT2D eigenvalue weighted by Crippen LogP contribution is -1.98. The molecule has 1 aliphatic heterocycles. The topological polar surface area (TPSA) is 69.2 Å². The fourth-order valence-corrected chi connectivity index (χ4v) is 2.48. The van der Waals surface area contributed by atoms with Crippen LogP contribution in [0.15, 0.2) is 29.7 Å². The molecule has 0 saturated heterocycles. The molecule has 15 heavy (non-hydrogen) atoms. The zero-order chi connectivity index (χ0) is 10.8. The average Bonchev–Trinajstić information content (AvgIpc) is 2.69. The van der Waals surface area contributed by atoms with Crippen molar-refractivity contribution in [2.45, 2.75) is 11.7 Å². The number of benzene rings is 1. The quantitative estimate of drug-likeness (QED) is 0.474. The van der Waals surface area contributed by atoms with Crippen molar-refractivity contribution in [2.24, 2.45) is 0 Å². The Morgan fingerprint density at radius 2 is 2.33 bits per heavy atom. The molecule has 0 spiro atoms. The highest BCUT2D eigenvalue weighted by atomic mass is 32.2. The van der Waals surface area contributed by atoms with Crippen LogP contribution in [0.5, 0.6) is 0 Å². The van der Waals surface area contributed by atoms with Crippen LogP contribution >= 0.6 is 11.8 Å². The van der Waals surface area contributed by atoms with Crippen LogP contribution in [0.2, 0.25) is 0 Å². The molecule has 0 amide bonds. The van der Waals surface area contributed by atoms with Gasteiger partial charge in [0.2, 0.25) is 0 Å². The summed E-state index contributed by atoms with van der Waals surface area (Å²) in [4.78, 5) is 10.1. The number of anilines is 1. The van der Waals surface area contributed by atoms with E-state index in [-0.39, 0.29) is 11.4 Å². The van der Waals surface area contributed by atoms with Crippen molar-refractivity contribution in [3.63, 3.8) is 0 Å². The Kier molecular flexibility index (Phi) is 2.64. The van der Waals surface area contributed by atoms with Gasteiger partial charge >= 0.3 is 0 Å². The molecule has 1 aliphatic rings. The number of hydrogen-bond acceptors (Lipinski definition) is 4. The molecule has 78 valence electrons. The molecule has 0 saturated carbocycles. The molecule has 1 atom stereocenters. The molecule has 0 aromatic heterocycles. The van der Waals surface area contributed by atoms with E-state index in [2.05, 4.69) is 6.08 Å². The number of nitrogens with zero attached hydrogens (tertiary/aromatic N) is 1. The summed E-state index contributed by atoms with van der Waals surface area (Å²) in [7, 11) is 0. The van der Waals surface area contributed by atoms with E-state index in [0.29, 0.717) is 5.25 Å². The molecule has 2 rings (SSSR count). The number of allylic oxidation sites excluding steroid dienone is 1. The first kappa shape index (κ1) is 10.0. The summed E-state index contributed by atoms with van der Waals surface area (Å²) >= 11 is 1.71. The van der Waals surface area contributed by atoms with Crippen LogP contribution in [0.1, 0.15) is 17.2 Å². The minimum absolute atomic E-state index is 0.0188. The molecule has 5 heteroatoms. The predicted octanol–water partition coefficient (Wildman–Crippen LogP) is 2.87. The summed E-state index contributed by atoms with van der Waals surface area (Å²) in [6.45, 7) is 0. The Labute approximate surface area is 91.3 Å². The molecular weight excluding hydrogens is 212 g/mol. The Morgan fingerprint density at radius 1 is 1.53 bits per heavy atom. The summed E-state index contributed by atoms with van der Waals surface area (Å²) in [6, 6.07) is 4.95. The van der Waals surface area contributed by atoms with Crippen LogP contribution < -0.4 is 5.73 Å². The van der Waals surface area contributed by atoms with Crippen LogP contribution in [0.25, 0.3) is 0 Å². The highest BCUT2D eigenvalue weighted by molar-refractivity contribution is 8.02. The van der Waals surface area contributed by atoms with Gasteiger partial charge in [0, 0.05) is 11.3 Å². The van der Waals surface area contributed by atoms with Crippen molar-refractivity contribution < 1.29 is 4.92 Å². The van der Waals surface area contributed by atoms with Crippen LogP contribution in [-0.2, 0) is 0 Å². The van der Waals surface area contributed by atoms with Gasteiger partial charge in [-0.2, -0.15) is 0 Å². The maximum Gasteiger partial charge on any atom is 0.292 e. The van der Waals surface area contributed by atoms with E-state index in [9.17, 15) is 10.1 Å². The summed E-state index contributed by atoms with van der Waals surface area (Å²) in [5.74, 6) is 0. The van der Waals surface area contributed by atoms with Gasteiger partial charge in [0.15, 0.2) is 0 Å². The second-order valence-corrected chi connectivity index (χ2v) is 4.42. The lowest BCUT2D eigenvalue weighted by Gasteiger charge is -2.09. The largest absolute Gasteiger partial charge is 0.393 e. The maximum atomic E-state index is 10.6. The minimum atomic E-state index is -0.459. The van der Waals surface area contributed by atoms with Crippen molar-refractivity contribution in [1.29, 1.82) is 0 Å². The number of rotatable bonds is 2. The molecule has 0 bridgehead atoms. The van der Waals surface area contributed by atoms with Gasteiger partial charge in [-0.1, -0.05) is 12.1 Å². The Balaban J connectivity index is 2.29. The molecule has 0 radical (unpaired) electrons. The highest BCUT2D eigenvalue weighted by Gasteiger charge is 2.17. The van der Waals surface area contributed by atoms with Gasteiger partial charge in [0.25, 0.3) is 5.69 Å². The normalized spacial score (nSPS) is 19.3. The van der Waals surface area contributed by atoms with Gasteiger partial charge in [-0.15, -0.1) is 11.8 Å². The second-order valence-electron chi connectivity index (χ2n) is 3.31. The molecule has 1 aromatic rings. The van der Waals surface area contributed by atoms with Gasteiger partial charge in [0.1, 0.15) is 5.69 Å². The number of nitrogens with two attached hydrogens (primary N) is 1. The lowest BCUT2D eigenvalue weighted by molar-refractivity contribution is -0.383. The van der Waals surface area contributed by atoms with Crippen LogP contribution in [0.4, 0.5) is 11.4 Å². The molecule has 1 unspecified atom stereocenters. The van der Waals surface area contributed by atoms with E-state index in [4.69, 9.17) is 5.73 Å². The zero-order valence-electron chi connectivity index (χ0n) is 7.92. The molecule has 2 N–H and O–H groups in total. The molecule has 0 fully saturated rings. The number of nitro benzene ring substituents is 1. The fourth-order valence-electron chi connectivity index (χ4n) is 1.54. The summed E-state index contributed by atoms with van der Waals surface area (Å²) in [6.07, 6.45) is 3.05. The van der Waals surface area contributed by atoms with Gasteiger partial charge in [0.05, 0.1) is 4.92 Å². The number of thioether (sulfide) groups is 1. The Morgan fingerprint density at radius 3 is 2.87 bits per heavy atom. The predicted molar refractivity (Wildman–Crippen MR) is 61.6 cm³/mol. The van der Waals surface area contributed by atoms with E-state index in [0.717, 1.165) is 12.0 Å². The number of hydrogen-bond donors (Lipinski definition) is 1. The van der Waals surface area contributed by atoms with Gasteiger partial charge in [-0.05, 0) is 23.5 Å². The Bertz CT molecular complexity index is 423. The van der Waals surface area contributed by atoms with E-state index in [1.54, 1.807) is 23.9 Å². The van der Waals surface area contributed by atoms with Crippen molar-refractivity contribution in [3.05, 3.63) is 45.4 Å². The van der Waals surface area contributed by atoms with Crippen molar-refractivity contribution in [3.8, 4) is 0 Å². The van der Waals surface area contributed by atoms with E-state index in [1.807, 2.05) is 5.41 Å². The van der Waals surface area contributed by atoms with Crippen molar-refractivity contribution >= 4 is 23.1 Å². The molecule has 0 aliphatic carbocycles. The maximum absolute atomic E-state index is 10.6. The minimum Gasteiger partial charge on any atom is -0.393 e. The first-order valence-corrected chi connectivity index (χ1v) is 5.47. The summed E-state index contributed by atoms with van der Waals surface area (Å²) < 4.78 is 0. The van der Waals surface area contributed by atoms with Gasteiger partial charge in [-0.3, -0.25) is 10.1 Å². The van der Waals surface area contributed by atoms with Gasteiger partial charge in [-0.25, -0.2) is 0 Å². The SMILES string of the molecule is Nc1cc(C2CC=CS2)ccc1[N+](=O)[O-]. The fraction of sp³-hybridized carbons (Fsp3) is 0.200. The Hall–Kier alpha value is -1.49. The molecular formula is C10H10N2O2S. The number of nitrogen functional groups attached to an aromatic ring is 1. The molecule has 1 heterocycles.